The van der Waals surface area contributed by atoms with Crippen LogP contribution in [0.3, 0.4) is 0 Å². The number of hydrogen-bond acceptors (Lipinski definition) is 5. The highest BCUT2D eigenvalue weighted by molar-refractivity contribution is 7.89. The van der Waals surface area contributed by atoms with E-state index in [1.165, 1.54) is 30.3 Å². The summed E-state index contributed by atoms with van der Waals surface area (Å²) in [6, 6.07) is 8.11. The van der Waals surface area contributed by atoms with Gasteiger partial charge in [0.2, 0.25) is 15.9 Å². The molecule has 0 unspecified atom stereocenters. The van der Waals surface area contributed by atoms with E-state index in [1.807, 2.05) is 4.90 Å². The third-order valence-electron chi connectivity index (χ3n) is 4.88. The van der Waals surface area contributed by atoms with Crippen LogP contribution >= 0.6 is 0 Å². The number of benzene rings is 1. The highest BCUT2D eigenvalue weighted by atomic mass is 32.2. The number of pyridine rings is 1. The maximum absolute atomic E-state index is 12.6. The number of alkyl halides is 3. The van der Waals surface area contributed by atoms with Gasteiger partial charge >= 0.3 is 6.18 Å². The van der Waals surface area contributed by atoms with Crippen molar-refractivity contribution < 1.29 is 26.4 Å². The molecule has 162 valence electrons. The Labute approximate surface area is 172 Å². The van der Waals surface area contributed by atoms with Crippen molar-refractivity contribution in [2.45, 2.75) is 36.4 Å². The molecule has 7 nitrogen and oxygen atoms in total. The predicted octanol–water partition coefficient (Wildman–Crippen LogP) is 2.08. The van der Waals surface area contributed by atoms with Crippen LogP contribution in [0.25, 0.3) is 0 Å². The quantitative estimate of drug-likeness (QED) is 0.738. The van der Waals surface area contributed by atoms with Crippen LogP contribution in [-0.2, 0) is 27.4 Å². The lowest BCUT2D eigenvalue weighted by Gasteiger charge is -2.33. The molecule has 2 heterocycles. The average molecular weight is 442 g/mol. The first-order valence-electron chi connectivity index (χ1n) is 9.22. The summed E-state index contributed by atoms with van der Waals surface area (Å²) in [5.41, 5.74) is -0.128. The minimum atomic E-state index is -4.41. The number of primary sulfonamides is 1. The molecule has 3 rings (SSSR count). The second-order valence-electron chi connectivity index (χ2n) is 7.10. The zero-order valence-corrected chi connectivity index (χ0v) is 16.7. The Morgan fingerprint density at radius 1 is 1.13 bits per heavy atom. The number of amides is 1. The van der Waals surface area contributed by atoms with Gasteiger partial charge in [0.15, 0.2) is 0 Å². The van der Waals surface area contributed by atoms with Crippen molar-refractivity contribution in [2.75, 3.05) is 18.0 Å². The number of carbonyl (C=O) groups excluding carboxylic acids is 1. The van der Waals surface area contributed by atoms with Gasteiger partial charge in [-0.25, -0.2) is 18.5 Å². The molecule has 1 saturated heterocycles. The normalized spacial score (nSPS) is 15.8. The minimum Gasteiger partial charge on any atom is -0.356 e. The van der Waals surface area contributed by atoms with Crippen LogP contribution in [0.4, 0.5) is 19.0 Å². The largest absolute Gasteiger partial charge is 0.417 e. The number of piperidine rings is 1. The minimum absolute atomic E-state index is 0.0177. The van der Waals surface area contributed by atoms with E-state index in [1.54, 1.807) is 0 Å². The second-order valence-corrected chi connectivity index (χ2v) is 8.66. The Kier molecular flexibility index (Phi) is 6.32. The molecule has 0 bridgehead atoms. The number of aromatic nitrogens is 1. The molecule has 0 aliphatic carbocycles. The Bertz CT molecular complexity index is 985. The SMILES string of the molecule is NS(=O)(=O)c1ccc(CC(=O)NC2CCN(c3ccc(C(F)(F)F)cn3)CC2)cc1. The van der Waals surface area contributed by atoms with Gasteiger partial charge in [-0.15, -0.1) is 0 Å². The molecule has 3 N–H and O–H groups in total. The van der Waals surface area contributed by atoms with E-state index in [4.69, 9.17) is 5.14 Å². The number of sulfonamides is 1. The molecule has 0 radical (unpaired) electrons. The zero-order chi connectivity index (χ0) is 21.9. The van der Waals surface area contributed by atoms with Crippen molar-refractivity contribution in [1.29, 1.82) is 0 Å². The van der Waals surface area contributed by atoms with E-state index in [-0.39, 0.29) is 23.3 Å². The van der Waals surface area contributed by atoms with E-state index >= 15 is 0 Å². The Morgan fingerprint density at radius 3 is 2.27 bits per heavy atom. The van der Waals surface area contributed by atoms with Gasteiger partial charge in [-0.3, -0.25) is 4.79 Å². The number of halogens is 3. The number of nitrogens with zero attached hydrogens (tertiary/aromatic N) is 2. The lowest BCUT2D eigenvalue weighted by Crippen LogP contribution is -2.45. The van der Waals surface area contributed by atoms with Gasteiger partial charge in [0, 0.05) is 25.3 Å². The molecule has 1 fully saturated rings. The first-order valence-corrected chi connectivity index (χ1v) is 10.8. The maximum Gasteiger partial charge on any atom is 0.417 e. The smallest absolute Gasteiger partial charge is 0.356 e. The lowest BCUT2D eigenvalue weighted by atomic mass is 10.0. The molecular formula is C19H21F3N4O3S. The number of rotatable bonds is 5. The number of nitrogens with two attached hydrogens (primary N) is 1. The molecule has 1 amide bonds. The Balaban J connectivity index is 1.49. The third kappa shape index (κ3) is 5.70. The molecule has 1 aromatic carbocycles. The van der Waals surface area contributed by atoms with Crippen molar-refractivity contribution in [3.63, 3.8) is 0 Å². The summed E-state index contributed by atoms with van der Waals surface area (Å²) in [7, 11) is -3.77. The fourth-order valence-electron chi connectivity index (χ4n) is 3.25. The van der Waals surface area contributed by atoms with Crippen molar-refractivity contribution in [2.24, 2.45) is 5.14 Å². The number of hydrogen-bond donors (Lipinski definition) is 2. The zero-order valence-electron chi connectivity index (χ0n) is 15.9. The average Bonchev–Trinajstić information content (AvgIpc) is 2.68. The standard InChI is InChI=1S/C19H21F3N4O3S/c20-19(21,22)14-3-6-17(24-12-14)26-9-7-15(8-10-26)25-18(27)11-13-1-4-16(5-2-13)30(23,28)29/h1-6,12,15H,7-11H2,(H,25,27)(H2,23,28,29). The van der Waals surface area contributed by atoms with Crippen LogP contribution in [0, 0.1) is 0 Å². The van der Waals surface area contributed by atoms with Crippen LogP contribution in [0.2, 0.25) is 0 Å². The van der Waals surface area contributed by atoms with Gasteiger partial charge in [0.05, 0.1) is 16.9 Å². The Hall–Kier alpha value is -2.66. The van der Waals surface area contributed by atoms with E-state index < -0.39 is 21.8 Å². The lowest BCUT2D eigenvalue weighted by molar-refractivity contribution is -0.137. The summed E-state index contributed by atoms with van der Waals surface area (Å²) in [6.07, 6.45) is -2.21. The van der Waals surface area contributed by atoms with Crippen LogP contribution in [0.5, 0.6) is 0 Å². The molecule has 1 aliphatic heterocycles. The summed E-state index contributed by atoms with van der Waals surface area (Å²) in [5.74, 6) is 0.284. The molecule has 0 saturated carbocycles. The number of nitrogens with one attached hydrogen (secondary N) is 1. The van der Waals surface area contributed by atoms with Gasteiger partial charge in [0.25, 0.3) is 0 Å². The van der Waals surface area contributed by atoms with Crippen LogP contribution in [0.1, 0.15) is 24.0 Å². The van der Waals surface area contributed by atoms with E-state index in [9.17, 15) is 26.4 Å². The molecule has 30 heavy (non-hydrogen) atoms. The van der Waals surface area contributed by atoms with Gasteiger partial charge in [-0.05, 0) is 42.7 Å². The maximum atomic E-state index is 12.6. The highest BCUT2D eigenvalue weighted by Crippen LogP contribution is 2.29. The molecular weight excluding hydrogens is 421 g/mol. The van der Waals surface area contributed by atoms with E-state index in [2.05, 4.69) is 10.3 Å². The molecule has 1 aliphatic rings. The first-order chi connectivity index (χ1) is 14.0. The van der Waals surface area contributed by atoms with Crippen molar-refractivity contribution >= 4 is 21.7 Å². The van der Waals surface area contributed by atoms with Gasteiger partial charge in [-0.2, -0.15) is 13.2 Å². The van der Waals surface area contributed by atoms with Crippen molar-refractivity contribution in [3.05, 3.63) is 53.7 Å². The van der Waals surface area contributed by atoms with Gasteiger partial charge in [-0.1, -0.05) is 12.1 Å². The molecule has 11 heteroatoms. The monoisotopic (exact) mass is 442 g/mol. The van der Waals surface area contributed by atoms with Gasteiger partial charge in [0.1, 0.15) is 5.82 Å². The summed E-state index contributed by atoms with van der Waals surface area (Å²) >= 11 is 0. The van der Waals surface area contributed by atoms with E-state index in [0.29, 0.717) is 37.3 Å². The topological polar surface area (TPSA) is 105 Å². The van der Waals surface area contributed by atoms with Crippen molar-refractivity contribution in [1.82, 2.24) is 10.3 Å². The van der Waals surface area contributed by atoms with Crippen LogP contribution in [0.15, 0.2) is 47.5 Å². The summed E-state index contributed by atoms with van der Waals surface area (Å²) < 4.78 is 60.4. The molecule has 0 spiro atoms. The summed E-state index contributed by atoms with van der Waals surface area (Å²) in [5, 5.41) is 7.98. The van der Waals surface area contributed by atoms with Crippen LogP contribution in [-0.4, -0.2) is 38.4 Å². The fourth-order valence-corrected chi connectivity index (χ4v) is 3.77. The summed E-state index contributed by atoms with van der Waals surface area (Å²) in [6.45, 7) is 1.12. The number of anilines is 1. The number of carbonyl (C=O) groups is 1. The third-order valence-corrected chi connectivity index (χ3v) is 5.81. The predicted molar refractivity (Wildman–Crippen MR) is 104 cm³/mol. The second kappa shape index (κ2) is 8.60. The van der Waals surface area contributed by atoms with Crippen LogP contribution < -0.4 is 15.4 Å². The molecule has 2 aromatic rings. The molecule has 0 atom stereocenters. The molecule has 1 aromatic heterocycles. The summed E-state index contributed by atoms with van der Waals surface area (Å²) in [4.78, 5) is 18.0. The van der Waals surface area contributed by atoms with E-state index in [0.717, 1.165) is 12.3 Å². The van der Waals surface area contributed by atoms with Crippen molar-refractivity contribution in [3.8, 4) is 0 Å². The Morgan fingerprint density at radius 2 is 1.77 bits per heavy atom. The highest BCUT2D eigenvalue weighted by Gasteiger charge is 2.31. The van der Waals surface area contributed by atoms with Gasteiger partial charge < -0.3 is 10.2 Å². The fraction of sp³-hybridized carbons (Fsp3) is 0.368. The first kappa shape index (κ1) is 22.0.